The second kappa shape index (κ2) is 7.06. The summed E-state index contributed by atoms with van der Waals surface area (Å²) >= 11 is 5.99. The fraction of sp³-hybridized carbons (Fsp3) is 0.357. The molecule has 7 heteroatoms. The van der Waals surface area contributed by atoms with Gasteiger partial charge in [-0.3, -0.25) is 0 Å². The molecule has 0 aliphatic carbocycles. The van der Waals surface area contributed by atoms with Crippen LogP contribution in [0.2, 0.25) is 5.02 Å². The predicted molar refractivity (Wildman–Crippen MR) is 82.7 cm³/mol. The van der Waals surface area contributed by atoms with Crippen LogP contribution in [0, 0.1) is 5.92 Å². The standard InChI is InChI=1S/C14H18ClNO4S/c1-9(2)10(3)16-21(19,20)13-6-4-11(8-12(13)15)5-7-14(17)18/h4-10,16H,1-3H3,(H,17,18). The fourth-order valence-electron chi connectivity index (χ4n) is 1.45. The minimum absolute atomic E-state index is 0.0239. The molecule has 0 saturated heterocycles. The summed E-state index contributed by atoms with van der Waals surface area (Å²) in [5.74, 6) is -0.938. The van der Waals surface area contributed by atoms with E-state index in [2.05, 4.69) is 4.72 Å². The van der Waals surface area contributed by atoms with Crippen molar-refractivity contribution < 1.29 is 18.3 Å². The van der Waals surface area contributed by atoms with Crippen molar-refractivity contribution in [1.29, 1.82) is 0 Å². The number of nitrogens with one attached hydrogen (secondary N) is 1. The summed E-state index contributed by atoms with van der Waals surface area (Å²) < 4.78 is 27.0. The number of aliphatic carboxylic acids is 1. The molecule has 0 aliphatic rings. The number of carboxylic acids is 1. The Kier molecular flexibility index (Phi) is 5.95. The van der Waals surface area contributed by atoms with Crippen LogP contribution < -0.4 is 4.72 Å². The molecule has 0 spiro atoms. The van der Waals surface area contributed by atoms with Gasteiger partial charge in [-0.15, -0.1) is 0 Å². The summed E-state index contributed by atoms with van der Waals surface area (Å²) in [5, 5.41) is 8.60. The molecule has 0 saturated carbocycles. The number of halogens is 1. The van der Waals surface area contributed by atoms with E-state index in [1.165, 1.54) is 24.3 Å². The van der Waals surface area contributed by atoms with E-state index in [4.69, 9.17) is 16.7 Å². The number of carbonyl (C=O) groups is 1. The van der Waals surface area contributed by atoms with Crippen molar-refractivity contribution in [2.24, 2.45) is 5.92 Å². The molecule has 0 aromatic heterocycles. The van der Waals surface area contributed by atoms with E-state index < -0.39 is 16.0 Å². The van der Waals surface area contributed by atoms with E-state index in [1.54, 1.807) is 6.92 Å². The number of hydrogen-bond donors (Lipinski definition) is 2. The topological polar surface area (TPSA) is 83.5 Å². The first-order valence-electron chi connectivity index (χ1n) is 6.36. The Morgan fingerprint density at radius 1 is 1.33 bits per heavy atom. The van der Waals surface area contributed by atoms with Gasteiger partial charge in [-0.2, -0.15) is 0 Å². The average molecular weight is 332 g/mol. The van der Waals surface area contributed by atoms with Crippen LogP contribution in [0.25, 0.3) is 6.08 Å². The highest BCUT2D eigenvalue weighted by molar-refractivity contribution is 7.89. The van der Waals surface area contributed by atoms with Gasteiger partial charge in [0, 0.05) is 12.1 Å². The van der Waals surface area contributed by atoms with E-state index in [1.807, 2.05) is 13.8 Å². The van der Waals surface area contributed by atoms with Gasteiger partial charge in [0.05, 0.1) is 5.02 Å². The highest BCUT2D eigenvalue weighted by Crippen LogP contribution is 2.24. The third-order valence-electron chi connectivity index (χ3n) is 3.00. The molecule has 1 rings (SSSR count). The lowest BCUT2D eigenvalue weighted by atomic mass is 10.1. The van der Waals surface area contributed by atoms with Gasteiger partial charge in [-0.1, -0.05) is 31.5 Å². The number of rotatable bonds is 6. The summed E-state index contributed by atoms with van der Waals surface area (Å²) in [6.07, 6.45) is 2.30. The average Bonchev–Trinajstić information content (AvgIpc) is 2.35. The summed E-state index contributed by atoms with van der Waals surface area (Å²) in [4.78, 5) is 10.4. The molecule has 0 aliphatic heterocycles. The van der Waals surface area contributed by atoms with Crippen LogP contribution in [0.1, 0.15) is 26.3 Å². The molecule has 116 valence electrons. The van der Waals surface area contributed by atoms with Crippen molar-refractivity contribution in [2.45, 2.75) is 31.7 Å². The monoisotopic (exact) mass is 331 g/mol. The first-order valence-corrected chi connectivity index (χ1v) is 8.22. The molecule has 0 fully saturated rings. The van der Waals surface area contributed by atoms with E-state index in [9.17, 15) is 13.2 Å². The van der Waals surface area contributed by atoms with Gasteiger partial charge in [-0.25, -0.2) is 17.9 Å². The summed E-state index contributed by atoms with van der Waals surface area (Å²) in [6.45, 7) is 5.60. The summed E-state index contributed by atoms with van der Waals surface area (Å²) in [5.41, 5.74) is 0.512. The van der Waals surface area contributed by atoms with Gasteiger partial charge in [-0.05, 0) is 36.6 Å². The van der Waals surface area contributed by atoms with Crippen molar-refractivity contribution >= 4 is 33.7 Å². The molecule has 1 aromatic rings. The van der Waals surface area contributed by atoms with Crippen LogP contribution >= 0.6 is 11.6 Å². The van der Waals surface area contributed by atoms with Crippen molar-refractivity contribution in [1.82, 2.24) is 4.72 Å². The van der Waals surface area contributed by atoms with E-state index >= 15 is 0 Å². The van der Waals surface area contributed by atoms with Gasteiger partial charge in [0.15, 0.2) is 0 Å². The van der Waals surface area contributed by atoms with E-state index in [0.717, 1.165) is 6.08 Å². The van der Waals surface area contributed by atoms with Crippen LogP contribution in [0.15, 0.2) is 29.2 Å². The van der Waals surface area contributed by atoms with Crippen molar-refractivity contribution in [2.75, 3.05) is 0 Å². The third-order valence-corrected chi connectivity index (χ3v) is 5.05. The molecule has 0 amide bonds. The molecule has 0 heterocycles. The maximum atomic E-state index is 12.2. The normalized spacial score (nSPS) is 13.8. The first kappa shape index (κ1) is 17.7. The van der Waals surface area contributed by atoms with Gasteiger partial charge in [0.1, 0.15) is 4.90 Å². The molecule has 1 atom stereocenters. The molecule has 2 N–H and O–H groups in total. The summed E-state index contributed by atoms with van der Waals surface area (Å²) in [6, 6.07) is 4.05. The molecular weight excluding hydrogens is 314 g/mol. The zero-order valence-electron chi connectivity index (χ0n) is 12.0. The molecule has 5 nitrogen and oxygen atoms in total. The quantitative estimate of drug-likeness (QED) is 0.785. The SMILES string of the molecule is CC(C)C(C)NS(=O)(=O)c1ccc(C=CC(=O)O)cc1Cl. The van der Waals surface area contributed by atoms with Crippen LogP contribution in [-0.2, 0) is 14.8 Å². The number of sulfonamides is 1. The zero-order chi connectivity index (χ0) is 16.2. The van der Waals surface area contributed by atoms with Crippen molar-refractivity contribution in [3.63, 3.8) is 0 Å². The lowest BCUT2D eigenvalue weighted by Crippen LogP contribution is -2.36. The van der Waals surface area contributed by atoms with Gasteiger partial charge in [0.25, 0.3) is 0 Å². The van der Waals surface area contributed by atoms with Crippen LogP contribution in [0.5, 0.6) is 0 Å². The Labute approximate surface area is 129 Å². The highest BCUT2D eigenvalue weighted by Gasteiger charge is 2.21. The minimum Gasteiger partial charge on any atom is -0.478 e. The Bertz CT molecular complexity index is 653. The van der Waals surface area contributed by atoms with Crippen LogP contribution in [0.4, 0.5) is 0 Å². The molecule has 1 aromatic carbocycles. The maximum Gasteiger partial charge on any atom is 0.328 e. The maximum absolute atomic E-state index is 12.2. The fourth-order valence-corrected chi connectivity index (χ4v) is 3.40. The Hall–Kier alpha value is -1.37. The molecular formula is C14H18ClNO4S. The van der Waals surface area contributed by atoms with Crippen molar-refractivity contribution in [3.8, 4) is 0 Å². The second-order valence-corrected chi connectivity index (χ2v) is 7.11. The van der Waals surface area contributed by atoms with Gasteiger partial charge in [0.2, 0.25) is 10.0 Å². The molecule has 0 bridgehead atoms. The molecule has 21 heavy (non-hydrogen) atoms. The predicted octanol–water partition coefficient (Wildman–Crippen LogP) is 2.76. The Balaban J connectivity index is 3.07. The number of carboxylic acid groups (broad SMARTS) is 1. The van der Waals surface area contributed by atoms with E-state index in [-0.39, 0.29) is 21.9 Å². The first-order chi connectivity index (χ1) is 9.63. The third kappa shape index (κ3) is 5.15. The zero-order valence-corrected chi connectivity index (χ0v) is 13.6. The Morgan fingerprint density at radius 2 is 1.95 bits per heavy atom. The van der Waals surface area contributed by atoms with Crippen LogP contribution in [0.3, 0.4) is 0 Å². The minimum atomic E-state index is -3.71. The van der Waals surface area contributed by atoms with Gasteiger partial charge < -0.3 is 5.11 Å². The van der Waals surface area contributed by atoms with Crippen molar-refractivity contribution in [3.05, 3.63) is 34.9 Å². The highest BCUT2D eigenvalue weighted by atomic mass is 35.5. The second-order valence-electron chi connectivity index (χ2n) is 5.02. The Morgan fingerprint density at radius 3 is 2.43 bits per heavy atom. The van der Waals surface area contributed by atoms with Gasteiger partial charge >= 0.3 is 5.97 Å². The number of benzene rings is 1. The lowest BCUT2D eigenvalue weighted by Gasteiger charge is -2.18. The molecule has 0 radical (unpaired) electrons. The van der Waals surface area contributed by atoms with Crippen LogP contribution in [-0.4, -0.2) is 25.5 Å². The largest absolute Gasteiger partial charge is 0.478 e. The smallest absolute Gasteiger partial charge is 0.328 e. The summed E-state index contributed by atoms with van der Waals surface area (Å²) in [7, 11) is -3.71. The van der Waals surface area contributed by atoms with E-state index in [0.29, 0.717) is 5.56 Å². The number of hydrogen-bond acceptors (Lipinski definition) is 3. The lowest BCUT2D eigenvalue weighted by molar-refractivity contribution is -0.131. The molecule has 1 unspecified atom stereocenters.